The fourth-order valence-electron chi connectivity index (χ4n) is 0.970. The fourth-order valence-corrected chi connectivity index (χ4v) is 0.970. The van der Waals surface area contributed by atoms with Crippen LogP contribution in [0.2, 0.25) is 0 Å². The normalized spacial score (nSPS) is 27.9. The fraction of sp³-hybridized carbons (Fsp3) is 0.857. The minimum absolute atomic E-state index is 0.192. The molecule has 1 heterocycles. The lowest BCUT2D eigenvalue weighted by molar-refractivity contribution is -0.117. The second-order valence-electron chi connectivity index (χ2n) is 2.84. The number of hydrogen-bond acceptors (Lipinski definition) is 2. The molecule has 0 N–H and O–H groups in total. The van der Waals surface area contributed by atoms with Crippen molar-refractivity contribution >= 4 is 5.78 Å². The quantitative estimate of drug-likeness (QED) is 0.526. The van der Waals surface area contributed by atoms with Crippen LogP contribution in [0.15, 0.2) is 0 Å². The lowest BCUT2D eigenvalue weighted by Gasteiger charge is -2.10. The summed E-state index contributed by atoms with van der Waals surface area (Å²) in [6.45, 7) is 4.48. The van der Waals surface area contributed by atoms with E-state index in [1.807, 2.05) is 0 Å². The Kier molecular flexibility index (Phi) is 1.86. The third-order valence-electron chi connectivity index (χ3n) is 1.63. The van der Waals surface area contributed by atoms with Crippen molar-refractivity contribution in [1.29, 1.82) is 0 Å². The van der Waals surface area contributed by atoms with Gasteiger partial charge in [-0.1, -0.05) is 13.8 Å². The maximum atomic E-state index is 10.6. The van der Waals surface area contributed by atoms with E-state index in [0.717, 1.165) is 0 Å². The van der Waals surface area contributed by atoms with Gasteiger partial charge in [0.1, 0.15) is 6.61 Å². The van der Waals surface area contributed by atoms with Gasteiger partial charge in [-0.05, 0) is 5.92 Å². The predicted octanol–water partition coefficient (Wildman–Crippen LogP) is 1.00. The van der Waals surface area contributed by atoms with Crippen LogP contribution in [0.25, 0.3) is 0 Å². The molecule has 2 nitrogen and oxygen atoms in total. The largest absolute Gasteiger partial charge is 0.370 e. The number of ether oxygens (including phenoxy) is 1. The van der Waals surface area contributed by atoms with Gasteiger partial charge in [-0.3, -0.25) is 4.79 Å². The van der Waals surface area contributed by atoms with Crippen LogP contribution in [0.4, 0.5) is 0 Å². The SMILES string of the molecule is CC(C)[C@H]1CC(=O)CO1. The van der Waals surface area contributed by atoms with Crippen molar-refractivity contribution in [3.05, 3.63) is 0 Å². The van der Waals surface area contributed by atoms with E-state index in [-0.39, 0.29) is 11.9 Å². The molecule has 1 saturated heterocycles. The summed E-state index contributed by atoms with van der Waals surface area (Å²) < 4.78 is 5.18. The van der Waals surface area contributed by atoms with Gasteiger partial charge in [0.2, 0.25) is 0 Å². The summed E-state index contributed by atoms with van der Waals surface area (Å²) >= 11 is 0. The van der Waals surface area contributed by atoms with Crippen LogP contribution >= 0.6 is 0 Å². The van der Waals surface area contributed by atoms with Crippen LogP contribution in [0.5, 0.6) is 0 Å². The summed E-state index contributed by atoms with van der Waals surface area (Å²) in [5, 5.41) is 0. The van der Waals surface area contributed by atoms with Gasteiger partial charge < -0.3 is 4.74 Å². The molecule has 1 rings (SSSR count). The zero-order valence-electron chi connectivity index (χ0n) is 5.89. The van der Waals surface area contributed by atoms with Crippen LogP contribution in [0.1, 0.15) is 20.3 Å². The van der Waals surface area contributed by atoms with Crippen molar-refractivity contribution in [1.82, 2.24) is 0 Å². The molecule has 52 valence electrons. The van der Waals surface area contributed by atoms with Crippen molar-refractivity contribution in [2.45, 2.75) is 26.4 Å². The molecule has 1 aliphatic heterocycles. The van der Waals surface area contributed by atoms with Crippen LogP contribution in [0, 0.1) is 5.92 Å². The van der Waals surface area contributed by atoms with E-state index >= 15 is 0 Å². The average Bonchev–Trinajstić information content (AvgIpc) is 2.14. The molecule has 1 fully saturated rings. The molecule has 0 radical (unpaired) electrons. The molecule has 2 heteroatoms. The maximum Gasteiger partial charge on any atom is 0.161 e. The highest BCUT2D eigenvalue weighted by Gasteiger charge is 2.24. The van der Waals surface area contributed by atoms with Gasteiger partial charge in [0.25, 0.3) is 0 Å². The minimum Gasteiger partial charge on any atom is -0.370 e. The number of carbonyl (C=O) groups is 1. The number of rotatable bonds is 1. The Balaban J connectivity index is 2.39. The molecule has 0 unspecified atom stereocenters. The first-order valence-electron chi connectivity index (χ1n) is 3.33. The minimum atomic E-state index is 0.192. The van der Waals surface area contributed by atoms with E-state index in [2.05, 4.69) is 13.8 Å². The molecule has 0 bridgehead atoms. The molecule has 1 atom stereocenters. The molecular formula is C7H12O2. The topological polar surface area (TPSA) is 26.3 Å². The highest BCUT2D eigenvalue weighted by atomic mass is 16.5. The van der Waals surface area contributed by atoms with Gasteiger partial charge >= 0.3 is 0 Å². The molecule has 1 aliphatic rings. The van der Waals surface area contributed by atoms with E-state index in [4.69, 9.17) is 4.74 Å². The van der Waals surface area contributed by atoms with E-state index in [9.17, 15) is 4.79 Å². The predicted molar refractivity (Wildman–Crippen MR) is 34.2 cm³/mol. The van der Waals surface area contributed by atoms with Crippen LogP contribution in [0.3, 0.4) is 0 Å². The Morgan fingerprint density at radius 1 is 1.67 bits per heavy atom. The summed E-state index contributed by atoms with van der Waals surface area (Å²) in [5.74, 6) is 0.727. The van der Waals surface area contributed by atoms with Gasteiger partial charge in [-0.2, -0.15) is 0 Å². The van der Waals surface area contributed by atoms with Crippen LogP contribution in [-0.4, -0.2) is 18.5 Å². The summed E-state index contributed by atoms with van der Waals surface area (Å²) in [5.41, 5.74) is 0. The summed E-state index contributed by atoms with van der Waals surface area (Å²) in [4.78, 5) is 10.6. The Morgan fingerprint density at radius 3 is 2.56 bits per heavy atom. The van der Waals surface area contributed by atoms with Gasteiger partial charge in [0.15, 0.2) is 5.78 Å². The van der Waals surface area contributed by atoms with E-state index in [1.165, 1.54) is 0 Å². The van der Waals surface area contributed by atoms with Gasteiger partial charge in [-0.15, -0.1) is 0 Å². The van der Waals surface area contributed by atoms with Crippen molar-refractivity contribution in [3.63, 3.8) is 0 Å². The molecule has 0 aromatic rings. The summed E-state index contributed by atoms with van der Waals surface area (Å²) in [6, 6.07) is 0. The van der Waals surface area contributed by atoms with Crippen molar-refractivity contribution in [2.75, 3.05) is 6.61 Å². The Bertz CT molecular complexity index is 118. The molecule has 0 aromatic carbocycles. The zero-order valence-corrected chi connectivity index (χ0v) is 5.89. The Labute approximate surface area is 55.2 Å². The van der Waals surface area contributed by atoms with Crippen molar-refractivity contribution in [3.8, 4) is 0 Å². The molecule has 9 heavy (non-hydrogen) atoms. The summed E-state index contributed by atoms with van der Waals surface area (Å²) in [7, 11) is 0. The molecular weight excluding hydrogens is 116 g/mol. The number of hydrogen-bond donors (Lipinski definition) is 0. The standard InChI is InChI=1S/C7H12O2/c1-5(2)7-3-6(8)4-9-7/h5,7H,3-4H2,1-2H3/t7-/m1/s1. The molecule has 0 saturated carbocycles. The lowest BCUT2D eigenvalue weighted by Crippen LogP contribution is -2.12. The third-order valence-corrected chi connectivity index (χ3v) is 1.63. The van der Waals surface area contributed by atoms with Gasteiger partial charge in [0.05, 0.1) is 6.10 Å². The van der Waals surface area contributed by atoms with E-state index in [1.54, 1.807) is 0 Å². The van der Waals surface area contributed by atoms with Crippen molar-refractivity contribution in [2.24, 2.45) is 5.92 Å². The molecule has 0 amide bonds. The molecule has 0 aliphatic carbocycles. The second-order valence-corrected chi connectivity index (χ2v) is 2.84. The Morgan fingerprint density at radius 2 is 2.33 bits per heavy atom. The first kappa shape index (κ1) is 6.75. The van der Waals surface area contributed by atoms with Gasteiger partial charge in [-0.25, -0.2) is 0 Å². The Hall–Kier alpha value is -0.370. The van der Waals surface area contributed by atoms with E-state index < -0.39 is 0 Å². The van der Waals surface area contributed by atoms with Crippen LogP contribution < -0.4 is 0 Å². The zero-order chi connectivity index (χ0) is 6.85. The van der Waals surface area contributed by atoms with E-state index in [0.29, 0.717) is 18.9 Å². The number of ketones is 1. The molecule has 0 spiro atoms. The average molecular weight is 128 g/mol. The summed E-state index contributed by atoms with van der Waals surface area (Å²) in [6.07, 6.45) is 0.815. The highest BCUT2D eigenvalue weighted by Crippen LogP contribution is 2.16. The lowest BCUT2D eigenvalue weighted by atomic mass is 10.0. The second kappa shape index (κ2) is 2.48. The van der Waals surface area contributed by atoms with Crippen molar-refractivity contribution < 1.29 is 9.53 Å². The smallest absolute Gasteiger partial charge is 0.161 e. The first-order valence-corrected chi connectivity index (χ1v) is 3.33. The van der Waals surface area contributed by atoms with Crippen LogP contribution in [-0.2, 0) is 9.53 Å². The first-order chi connectivity index (χ1) is 4.20. The third kappa shape index (κ3) is 1.52. The highest BCUT2D eigenvalue weighted by molar-refractivity contribution is 5.81. The van der Waals surface area contributed by atoms with Gasteiger partial charge in [0, 0.05) is 6.42 Å². The molecule has 0 aromatic heterocycles. The maximum absolute atomic E-state index is 10.6. The number of Topliss-reactive ketones (excluding diaryl/α,β-unsaturated/α-hetero) is 1. The number of carbonyl (C=O) groups excluding carboxylic acids is 1. The monoisotopic (exact) mass is 128 g/mol.